The van der Waals surface area contributed by atoms with E-state index in [1.165, 1.54) is 0 Å². The number of ether oxygens (including phenoxy) is 1. The number of fused-ring (bicyclic) bond motifs is 1. The van der Waals surface area contributed by atoms with Crippen molar-refractivity contribution in [3.05, 3.63) is 87.8 Å². The normalized spacial score (nSPS) is 13.9. The first-order valence-electron chi connectivity index (χ1n) is 10.9. The Bertz CT molecular complexity index is 1370. The molecule has 1 aliphatic heterocycles. The van der Waals surface area contributed by atoms with Gasteiger partial charge in [0, 0.05) is 25.0 Å². The average molecular weight is 461 g/mol. The molecule has 7 nitrogen and oxygen atoms in total. The number of amides is 1. The van der Waals surface area contributed by atoms with Gasteiger partial charge in [-0.05, 0) is 42.8 Å². The van der Waals surface area contributed by atoms with Crippen LogP contribution >= 0.6 is 11.3 Å². The number of pyridine rings is 1. The van der Waals surface area contributed by atoms with Crippen LogP contribution < -0.4 is 15.8 Å². The quantitative estimate of drug-likeness (QED) is 0.489. The van der Waals surface area contributed by atoms with Crippen LogP contribution in [0.25, 0.3) is 10.2 Å². The SMILES string of the molecule is Cc1cccc(Cn2cccc(C(=O)Nc3ccc4nc(N5CCOCC5)sc4c3)c2=O)c1. The molecule has 0 saturated carbocycles. The zero-order chi connectivity index (χ0) is 22.8. The van der Waals surface area contributed by atoms with E-state index in [0.29, 0.717) is 25.4 Å². The first-order valence-corrected chi connectivity index (χ1v) is 11.7. The van der Waals surface area contributed by atoms with Crippen molar-refractivity contribution in [2.24, 2.45) is 0 Å². The molecular weight excluding hydrogens is 436 g/mol. The lowest BCUT2D eigenvalue weighted by Gasteiger charge is -2.25. The van der Waals surface area contributed by atoms with Crippen molar-refractivity contribution in [3.63, 3.8) is 0 Å². The Morgan fingerprint density at radius 1 is 1.12 bits per heavy atom. The highest BCUT2D eigenvalue weighted by Gasteiger charge is 2.17. The summed E-state index contributed by atoms with van der Waals surface area (Å²) in [6.07, 6.45) is 1.71. The van der Waals surface area contributed by atoms with E-state index in [2.05, 4.69) is 10.2 Å². The van der Waals surface area contributed by atoms with Crippen LogP contribution in [0.4, 0.5) is 10.8 Å². The van der Waals surface area contributed by atoms with Crippen LogP contribution in [0, 0.1) is 6.92 Å². The van der Waals surface area contributed by atoms with Crippen LogP contribution in [0.1, 0.15) is 21.5 Å². The van der Waals surface area contributed by atoms with Crippen LogP contribution in [-0.4, -0.2) is 41.8 Å². The number of rotatable bonds is 5. The lowest BCUT2D eigenvalue weighted by Crippen LogP contribution is -2.36. The highest BCUT2D eigenvalue weighted by Crippen LogP contribution is 2.31. The summed E-state index contributed by atoms with van der Waals surface area (Å²) in [6, 6.07) is 16.9. The fourth-order valence-electron chi connectivity index (χ4n) is 3.92. The van der Waals surface area contributed by atoms with E-state index in [1.807, 2.05) is 49.4 Å². The highest BCUT2D eigenvalue weighted by molar-refractivity contribution is 7.22. The number of thiazole rings is 1. The van der Waals surface area contributed by atoms with Crippen LogP contribution in [0.15, 0.2) is 65.6 Å². The van der Waals surface area contributed by atoms with E-state index < -0.39 is 5.91 Å². The van der Waals surface area contributed by atoms with E-state index in [-0.39, 0.29) is 11.1 Å². The molecule has 0 spiro atoms. The van der Waals surface area contributed by atoms with Gasteiger partial charge in [-0.1, -0.05) is 41.2 Å². The minimum absolute atomic E-state index is 0.114. The molecule has 168 valence electrons. The van der Waals surface area contributed by atoms with Crippen molar-refractivity contribution in [2.45, 2.75) is 13.5 Å². The second-order valence-electron chi connectivity index (χ2n) is 8.08. The zero-order valence-electron chi connectivity index (χ0n) is 18.3. The molecule has 1 N–H and O–H groups in total. The third-order valence-corrected chi connectivity index (χ3v) is 6.70. The lowest BCUT2D eigenvalue weighted by atomic mass is 10.1. The molecule has 4 aromatic rings. The van der Waals surface area contributed by atoms with Crippen molar-refractivity contribution in [2.75, 3.05) is 36.5 Å². The van der Waals surface area contributed by atoms with E-state index >= 15 is 0 Å². The van der Waals surface area contributed by atoms with Crippen molar-refractivity contribution < 1.29 is 9.53 Å². The monoisotopic (exact) mass is 460 g/mol. The van der Waals surface area contributed by atoms with Gasteiger partial charge in [0.1, 0.15) is 5.56 Å². The maximum absolute atomic E-state index is 13.0. The summed E-state index contributed by atoms with van der Waals surface area (Å²) in [5.41, 5.74) is 3.47. The molecule has 2 aromatic carbocycles. The van der Waals surface area contributed by atoms with E-state index in [0.717, 1.165) is 39.6 Å². The molecule has 0 radical (unpaired) electrons. The number of carbonyl (C=O) groups is 1. The second kappa shape index (κ2) is 9.17. The van der Waals surface area contributed by atoms with Crippen LogP contribution in [0.3, 0.4) is 0 Å². The summed E-state index contributed by atoms with van der Waals surface area (Å²) in [5.74, 6) is -0.420. The predicted molar refractivity (Wildman–Crippen MR) is 132 cm³/mol. The molecular formula is C25H24N4O3S. The molecule has 0 bridgehead atoms. The number of carbonyl (C=O) groups excluding carboxylic acids is 1. The number of hydrogen-bond donors (Lipinski definition) is 1. The van der Waals surface area contributed by atoms with E-state index in [4.69, 9.17) is 9.72 Å². The third kappa shape index (κ3) is 4.67. The van der Waals surface area contributed by atoms with Gasteiger partial charge >= 0.3 is 0 Å². The zero-order valence-corrected chi connectivity index (χ0v) is 19.1. The van der Waals surface area contributed by atoms with Gasteiger partial charge in [0.15, 0.2) is 5.13 Å². The highest BCUT2D eigenvalue weighted by atomic mass is 32.1. The number of anilines is 2. The molecule has 0 atom stereocenters. The Kier molecular flexibility index (Phi) is 5.93. The van der Waals surface area contributed by atoms with E-state index in [1.54, 1.807) is 34.2 Å². The van der Waals surface area contributed by atoms with Crippen molar-refractivity contribution >= 4 is 38.3 Å². The van der Waals surface area contributed by atoms with Gasteiger partial charge in [-0.15, -0.1) is 0 Å². The number of aromatic nitrogens is 2. The predicted octanol–water partition coefficient (Wildman–Crippen LogP) is 3.90. The summed E-state index contributed by atoms with van der Waals surface area (Å²) >= 11 is 1.59. The molecule has 1 fully saturated rings. The number of morpholine rings is 1. The summed E-state index contributed by atoms with van der Waals surface area (Å²) in [4.78, 5) is 32.8. The van der Waals surface area contributed by atoms with Gasteiger partial charge in [-0.25, -0.2) is 4.98 Å². The average Bonchev–Trinajstić information content (AvgIpc) is 3.24. The Labute approximate surface area is 195 Å². The molecule has 1 aliphatic rings. The molecule has 8 heteroatoms. The standard InChI is InChI=1S/C25H24N4O3S/c1-17-4-2-5-18(14-17)16-29-9-3-6-20(24(29)31)23(30)26-19-7-8-21-22(15-19)33-25(27-21)28-10-12-32-13-11-28/h2-9,14-15H,10-13,16H2,1H3,(H,26,30). The Hall–Kier alpha value is -3.49. The molecule has 2 aromatic heterocycles. The Morgan fingerprint density at radius 2 is 1.97 bits per heavy atom. The molecule has 1 amide bonds. The summed E-state index contributed by atoms with van der Waals surface area (Å²) < 4.78 is 7.96. The first-order chi connectivity index (χ1) is 16.1. The second-order valence-corrected chi connectivity index (χ2v) is 9.09. The number of hydrogen-bond acceptors (Lipinski definition) is 6. The fourth-order valence-corrected chi connectivity index (χ4v) is 4.98. The maximum Gasteiger partial charge on any atom is 0.263 e. The number of aryl methyl sites for hydroxylation is 1. The van der Waals surface area contributed by atoms with Crippen molar-refractivity contribution in [3.8, 4) is 0 Å². The van der Waals surface area contributed by atoms with Gasteiger partial charge in [0.05, 0.1) is 30.0 Å². The maximum atomic E-state index is 13.0. The van der Waals surface area contributed by atoms with Gasteiger partial charge < -0.3 is 19.5 Å². The topological polar surface area (TPSA) is 76.5 Å². The van der Waals surface area contributed by atoms with Crippen molar-refractivity contribution in [1.29, 1.82) is 0 Å². The number of benzene rings is 2. The van der Waals surface area contributed by atoms with Crippen LogP contribution in [-0.2, 0) is 11.3 Å². The molecule has 33 heavy (non-hydrogen) atoms. The van der Waals surface area contributed by atoms with Crippen LogP contribution in [0.5, 0.6) is 0 Å². The Balaban J connectivity index is 1.35. The largest absolute Gasteiger partial charge is 0.378 e. The minimum Gasteiger partial charge on any atom is -0.378 e. The summed E-state index contributed by atoms with van der Waals surface area (Å²) in [5, 5.41) is 3.83. The first kappa shape index (κ1) is 21.4. The smallest absolute Gasteiger partial charge is 0.263 e. The third-order valence-electron chi connectivity index (χ3n) is 5.62. The minimum atomic E-state index is -0.420. The fraction of sp³-hybridized carbons (Fsp3) is 0.240. The molecule has 0 unspecified atom stereocenters. The van der Waals surface area contributed by atoms with Gasteiger partial charge in [-0.2, -0.15) is 0 Å². The summed E-state index contributed by atoms with van der Waals surface area (Å²) in [6.45, 7) is 5.49. The molecule has 1 saturated heterocycles. The van der Waals surface area contributed by atoms with Crippen molar-refractivity contribution in [1.82, 2.24) is 9.55 Å². The number of nitrogens with zero attached hydrogens (tertiary/aromatic N) is 3. The van der Waals surface area contributed by atoms with Gasteiger partial charge in [0.2, 0.25) is 0 Å². The molecule has 0 aliphatic carbocycles. The van der Waals surface area contributed by atoms with E-state index in [9.17, 15) is 9.59 Å². The molecule has 5 rings (SSSR count). The Morgan fingerprint density at radius 3 is 2.79 bits per heavy atom. The lowest BCUT2D eigenvalue weighted by molar-refractivity contribution is 0.102. The molecule has 3 heterocycles. The number of nitrogens with one attached hydrogen (secondary N) is 1. The van der Waals surface area contributed by atoms with Crippen LogP contribution in [0.2, 0.25) is 0 Å². The van der Waals surface area contributed by atoms with Gasteiger partial charge in [-0.3, -0.25) is 9.59 Å². The van der Waals surface area contributed by atoms with Gasteiger partial charge in [0.25, 0.3) is 11.5 Å². The summed E-state index contributed by atoms with van der Waals surface area (Å²) in [7, 11) is 0.